The van der Waals surface area contributed by atoms with Gasteiger partial charge < -0.3 is 10.2 Å². The molecule has 1 aliphatic rings. The Morgan fingerprint density at radius 2 is 1.94 bits per heavy atom. The third-order valence-corrected chi connectivity index (χ3v) is 3.77. The summed E-state index contributed by atoms with van der Waals surface area (Å²) >= 11 is 0. The molecule has 0 radical (unpaired) electrons. The summed E-state index contributed by atoms with van der Waals surface area (Å²) < 4.78 is 0. The first kappa shape index (κ1) is 12.4. The molecule has 2 rings (SSSR count). The molecule has 1 fully saturated rings. The van der Waals surface area contributed by atoms with Crippen LogP contribution in [0.5, 0.6) is 0 Å². The largest absolute Gasteiger partial charge is 0.372 e. The van der Waals surface area contributed by atoms with E-state index in [9.17, 15) is 0 Å². The molecule has 0 saturated heterocycles. The zero-order chi connectivity index (χ0) is 12.3. The Labute approximate surface area is 105 Å². The van der Waals surface area contributed by atoms with Gasteiger partial charge in [0.1, 0.15) is 0 Å². The minimum atomic E-state index is 0.602. The Kier molecular flexibility index (Phi) is 4.06. The molecule has 0 spiro atoms. The molecule has 0 heterocycles. The lowest BCUT2D eigenvalue weighted by molar-refractivity contribution is 0.663. The van der Waals surface area contributed by atoms with Gasteiger partial charge in [-0.3, -0.25) is 0 Å². The van der Waals surface area contributed by atoms with Crippen molar-refractivity contribution in [3.05, 3.63) is 29.8 Å². The maximum absolute atomic E-state index is 3.54. The Balaban J connectivity index is 1.91. The lowest BCUT2D eigenvalue weighted by Crippen LogP contribution is -2.27. The van der Waals surface area contributed by atoms with E-state index < -0.39 is 0 Å². The Morgan fingerprint density at radius 1 is 1.29 bits per heavy atom. The molecule has 2 nitrogen and oxygen atoms in total. The molecule has 94 valence electrons. The van der Waals surface area contributed by atoms with Crippen molar-refractivity contribution in [1.29, 1.82) is 0 Å². The predicted molar refractivity (Wildman–Crippen MR) is 74.5 cm³/mol. The maximum Gasteiger partial charge on any atom is 0.0366 e. The van der Waals surface area contributed by atoms with Crippen molar-refractivity contribution in [2.75, 3.05) is 11.9 Å². The molecule has 1 atom stereocenters. The highest BCUT2D eigenvalue weighted by molar-refractivity contribution is 5.47. The first-order valence-electron chi connectivity index (χ1n) is 6.76. The fraction of sp³-hybridized carbons (Fsp3) is 0.600. The van der Waals surface area contributed by atoms with Crippen LogP contribution in [0.1, 0.15) is 38.7 Å². The summed E-state index contributed by atoms with van der Waals surface area (Å²) in [6.07, 6.45) is 3.89. The maximum atomic E-state index is 3.54. The van der Waals surface area contributed by atoms with Crippen molar-refractivity contribution >= 4 is 5.69 Å². The molecule has 17 heavy (non-hydrogen) atoms. The smallest absolute Gasteiger partial charge is 0.0366 e. The zero-order valence-corrected chi connectivity index (χ0v) is 11.2. The van der Waals surface area contributed by atoms with Gasteiger partial charge in [0.25, 0.3) is 0 Å². The highest BCUT2D eigenvalue weighted by Gasteiger charge is 2.19. The third-order valence-electron chi connectivity index (χ3n) is 3.77. The Bertz CT molecular complexity index is 340. The summed E-state index contributed by atoms with van der Waals surface area (Å²) in [6, 6.07) is 10.3. The van der Waals surface area contributed by atoms with Crippen molar-refractivity contribution in [2.24, 2.45) is 0 Å². The lowest BCUT2D eigenvalue weighted by atomic mass is 10.1. The van der Waals surface area contributed by atoms with E-state index in [2.05, 4.69) is 55.4 Å². The van der Waals surface area contributed by atoms with Crippen LogP contribution in [0.25, 0.3) is 0 Å². The standard InChI is InChI=1S/C15H24N2/c1-4-12(2)17(3)15-9-5-13(6-10-15)11-16-14-7-8-14/h5-6,9-10,12,14,16H,4,7-8,11H2,1-3H3. The van der Waals surface area contributed by atoms with Gasteiger partial charge in [-0.1, -0.05) is 19.1 Å². The van der Waals surface area contributed by atoms with Gasteiger partial charge >= 0.3 is 0 Å². The fourth-order valence-corrected chi connectivity index (χ4v) is 1.93. The summed E-state index contributed by atoms with van der Waals surface area (Å²) in [4.78, 5) is 2.35. The SMILES string of the molecule is CCC(C)N(C)c1ccc(CNC2CC2)cc1. The third kappa shape index (κ3) is 3.47. The van der Waals surface area contributed by atoms with Gasteiger partial charge in [0, 0.05) is 31.4 Å². The summed E-state index contributed by atoms with van der Waals surface area (Å²) in [5, 5.41) is 3.54. The van der Waals surface area contributed by atoms with E-state index >= 15 is 0 Å². The summed E-state index contributed by atoms with van der Waals surface area (Å²) in [5.41, 5.74) is 2.70. The van der Waals surface area contributed by atoms with E-state index in [1.54, 1.807) is 0 Å². The minimum Gasteiger partial charge on any atom is -0.372 e. The van der Waals surface area contributed by atoms with Gasteiger partial charge in [-0.2, -0.15) is 0 Å². The van der Waals surface area contributed by atoms with Crippen LogP contribution in [-0.2, 0) is 6.54 Å². The quantitative estimate of drug-likeness (QED) is 0.810. The molecule has 0 aliphatic heterocycles. The van der Waals surface area contributed by atoms with Crippen LogP contribution in [-0.4, -0.2) is 19.1 Å². The molecular formula is C15H24N2. The fourth-order valence-electron chi connectivity index (χ4n) is 1.93. The van der Waals surface area contributed by atoms with E-state index in [1.807, 2.05) is 0 Å². The average molecular weight is 232 g/mol. The van der Waals surface area contributed by atoms with Gasteiger partial charge in [0.15, 0.2) is 0 Å². The molecule has 1 saturated carbocycles. The van der Waals surface area contributed by atoms with E-state index in [0.29, 0.717) is 6.04 Å². The molecule has 0 bridgehead atoms. The van der Waals surface area contributed by atoms with Crippen LogP contribution in [0.3, 0.4) is 0 Å². The molecule has 1 aliphatic carbocycles. The molecule has 0 amide bonds. The number of rotatable bonds is 6. The Morgan fingerprint density at radius 3 is 2.47 bits per heavy atom. The van der Waals surface area contributed by atoms with Crippen molar-refractivity contribution in [2.45, 2.75) is 51.7 Å². The normalized spacial score (nSPS) is 16.9. The van der Waals surface area contributed by atoms with E-state index in [1.165, 1.54) is 30.5 Å². The first-order valence-corrected chi connectivity index (χ1v) is 6.76. The zero-order valence-electron chi connectivity index (χ0n) is 11.2. The number of hydrogen-bond acceptors (Lipinski definition) is 2. The highest BCUT2D eigenvalue weighted by Crippen LogP contribution is 2.20. The minimum absolute atomic E-state index is 0.602. The monoisotopic (exact) mass is 232 g/mol. The number of benzene rings is 1. The van der Waals surface area contributed by atoms with Gasteiger partial charge in [-0.05, 0) is 43.9 Å². The van der Waals surface area contributed by atoms with Gasteiger partial charge in [-0.15, -0.1) is 0 Å². The Hall–Kier alpha value is -1.02. The summed E-state index contributed by atoms with van der Waals surface area (Å²) in [7, 11) is 2.17. The van der Waals surface area contributed by atoms with Crippen molar-refractivity contribution < 1.29 is 0 Å². The second kappa shape index (κ2) is 5.54. The number of nitrogens with zero attached hydrogens (tertiary/aromatic N) is 1. The van der Waals surface area contributed by atoms with Crippen molar-refractivity contribution in [3.8, 4) is 0 Å². The topological polar surface area (TPSA) is 15.3 Å². The first-order chi connectivity index (χ1) is 8.20. The highest BCUT2D eigenvalue weighted by atomic mass is 15.1. The molecule has 1 N–H and O–H groups in total. The van der Waals surface area contributed by atoms with Gasteiger partial charge in [0.05, 0.1) is 0 Å². The second-order valence-corrected chi connectivity index (χ2v) is 5.19. The molecule has 2 heteroatoms. The predicted octanol–water partition coefficient (Wildman–Crippen LogP) is 3.17. The number of nitrogens with one attached hydrogen (secondary N) is 1. The van der Waals surface area contributed by atoms with Crippen molar-refractivity contribution in [3.63, 3.8) is 0 Å². The van der Waals surface area contributed by atoms with E-state index in [0.717, 1.165) is 12.6 Å². The van der Waals surface area contributed by atoms with Crippen LogP contribution in [0.2, 0.25) is 0 Å². The van der Waals surface area contributed by atoms with E-state index in [-0.39, 0.29) is 0 Å². The van der Waals surface area contributed by atoms with Gasteiger partial charge in [0.2, 0.25) is 0 Å². The number of hydrogen-bond donors (Lipinski definition) is 1. The number of anilines is 1. The molecular weight excluding hydrogens is 208 g/mol. The van der Waals surface area contributed by atoms with Gasteiger partial charge in [-0.25, -0.2) is 0 Å². The molecule has 1 aromatic rings. The van der Waals surface area contributed by atoms with Crippen LogP contribution in [0, 0.1) is 0 Å². The summed E-state index contributed by atoms with van der Waals surface area (Å²) in [5.74, 6) is 0. The van der Waals surface area contributed by atoms with E-state index in [4.69, 9.17) is 0 Å². The lowest BCUT2D eigenvalue weighted by Gasteiger charge is -2.26. The van der Waals surface area contributed by atoms with Crippen LogP contribution >= 0.6 is 0 Å². The second-order valence-electron chi connectivity index (χ2n) is 5.19. The van der Waals surface area contributed by atoms with Crippen molar-refractivity contribution in [1.82, 2.24) is 5.32 Å². The molecule has 1 unspecified atom stereocenters. The molecule has 0 aromatic heterocycles. The van der Waals surface area contributed by atoms with Crippen LogP contribution < -0.4 is 10.2 Å². The van der Waals surface area contributed by atoms with Crippen LogP contribution in [0.15, 0.2) is 24.3 Å². The summed E-state index contributed by atoms with van der Waals surface area (Å²) in [6.45, 7) is 5.51. The van der Waals surface area contributed by atoms with Crippen LogP contribution in [0.4, 0.5) is 5.69 Å². The average Bonchev–Trinajstić information content (AvgIpc) is 3.19. The molecule has 1 aromatic carbocycles.